The van der Waals surface area contributed by atoms with Crippen LogP contribution < -0.4 is 10.6 Å². The number of aliphatic hydroxyl groups excluding tert-OH is 1. The van der Waals surface area contributed by atoms with E-state index in [-0.39, 0.29) is 24.5 Å². The minimum atomic E-state index is -1.38. The van der Waals surface area contributed by atoms with Gasteiger partial charge in [0.1, 0.15) is 12.1 Å². The predicted octanol–water partition coefficient (Wildman–Crippen LogP) is 13.0. The first kappa shape index (κ1) is 56.6. The molecule has 2 atom stereocenters. The third kappa shape index (κ3) is 42.1. The number of nitrogens with one attached hydrogen (secondary N) is 2. The lowest BCUT2D eigenvalue weighted by Crippen LogP contribution is -2.47. The molecule has 9 heteroatoms. The van der Waals surface area contributed by atoms with Crippen molar-refractivity contribution in [1.82, 2.24) is 10.6 Å². The Morgan fingerprint density at radius 1 is 0.492 bits per heavy atom. The standard InChI is InChI=1S/C50H94N2O7/c1-3-5-7-9-11-13-14-15-16-17-18-19-20-21-22-23-24-25-26-27-29-34-38-42-49(56)59-45(39-35-31-28-12-10-8-6-4-2)40-36-32-30-33-37-41-47(54)51-43-48(55)52-46(44-53)50(57)58/h17-18,45-46,53H,3-16,19-44H2,1-2H3,(H,51,54)(H,52,55)(H,57,58)/b18-17-. The van der Waals surface area contributed by atoms with Gasteiger partial charge in [0.25, 0.3) is 0 Å². The summed E-state index contributed by atoms with van der Waals surface area (Å²) in [5.41, 5.74) is 0. The molecule has 4 N–H and O–H groups in total. The monoisotopic (exact) mass is 835 g/mol. The summed E-state index contributed by atoms with van der Waals surface area (Å²) in [4.78, 5) is 47.6. The summed E-state index contributed by atoms with van der Waals surface area (Å²) in [7, 11) is 0. The second kappa shape index (κ2) is 45.1. The molecule has 0 radical (unpaired) electrons. The average molecular weight is 835 g/mol. The van der Waals surface area contributed by atoms with Crippen molar-refractivity contribution in [2.75, 3.05) is 13.2 Å². The van der Waals surface area contributed by atoms with Gasteiger partial charge < -0.3 is 25.6 Å². The number of esters is 1. The van der Waals surface area contributed by atoms with Crippen LogP contribution in [-0.2, 0) is 23.9 Å². The normalized spacial score (nSPS) is 12.5. The van der Waals surface area contributed by atoms with Gasteiger partial charge in [-0.1, -0.05) is 193 Å². The van der Waals surface area contributed by atoms with E-state index in [1.54, 1.807) is 0 Å². The summed E-state index contributed by atoms with van der Waals surface area (Å²) in [5, 5.41) is 22.6. The Balaban J connectivity index is 4.04. The molecule has 0 rings (SSSR count). The lowest BCUT2D eigenvalue weighted by atomic mass is 10.0. The number of hydrogen-bond acceptors (Lipinski definition) is 6. The molecule has 2 amide bonds. The molecule has 2 unspecified atom stereocenters. The van der Waals surface area contributed by atoms with Crippen LogP contribution in [0.15, 0.2) is 12.2 Å². The zero-order valence-corrected chi connectivity index (χ0v) is 38.5. The smallest absolute Gasteiger partial charge is 0.328 e. The summed E-state index contributed by atoms with van der Waals surface area (Å²) < 4.78 is 6.03. The molecule has 0 aliphatic heterocycles. The number of carbonyl (C=O) groups is 4. The quantitative estimate of drug-likeness (QED) is 0.0272. The van der Waals surface area contributed by atoms with E-state index in [0.29, 0.717) is 19.3 Å². The van der Waals surface area contributed by atoms with Crippen LogP contribution in [0.2, 0.25) is 0 Å². The third-order valence-corrected chi connectivity index (χ3v) is 11.5. The highest BCUT2D eigenvalue weighted by atomic mass is 16.5. The number of rotatable bonds is 46. The molecule has 346 valence electrons. The highest BCUT2D eigenvalue weighted by molar-refractivity contribution is 5.87. The summed E-state index contributed by atoms with van der Waals surface area (Å²) >= 11 is 0. The second-order valence-electron chi connectivity index (χ2n) is 17.3. The maximum atomic E-state index is 12.8. The molecule has 0 aromatic rings. The Morgan fingerprint density at radius 2 is 0.864 bits per heavy atom. The number of carboxylic acids is 1. The fourth-order valence-corrected chi connectivity index (χ4v) is 7.65. The van der Waals surface area contributed by atoms with Crippen molar-refractivity contribution in [3.8, 4) is 0 Å². The van der Waals surface area contributed by atoms with Gasteiger partial charge in [-0.05, 0) is 64.2 Å². The molecule has 0 heterocycles. The molecule has 0 spiro atoms. The van der Waals surface area contributed by atoms with Crippen molar-refractivity contribution in [2.24, 2.45) is 0 Å². The highest BCUT2D eigenvalue weighted by Gasteiger charge is 2.19. The first-order valence-electron chi connectivity index (χ1n) is 25.1. The Bertz CT molecular complexity index is 1000. The molecular weight excluding hydrogens is 741 g/mol. The molecule has 0 saturated carbocycles. The fraction of sp³-hybridized carbons (Fsp3) is 0.880. The third-order valence-electron chi connectivity index (χ3n) is 11.5. The Morgan fingerprint density at radius 3 is 1.27 bits per heavy atom. The number of ether oxygens (including phenoxy) is 1. The van der Waals surface area contributed by atoms with Gasteiger partial charge in [0.15, 0.2) is 0 Å². The maximum Gasteiger partial charge on any atom is 0.328 e. The highest BCUT2D eigenvalue weighted by Crippen LogP contribution is 2.19. The van der Waals surface area contributed by atoms with Crippen LogP contribution in [0, 0.1) is 0 Å². The number of aliphatic hydroxyl groups is 1. The Kier molecular flexibility index (Phi) is 43.3. The van der Waals surface area contributed by atoms with Crippen molar-refractivity contribution < 1.29 is 34.1 Å². The van der Waals surface area contributed by atoms with Crippen LogP contribution in [0.25, 0.3) is 0 Å². The van der Waals surface area contributed by atoms with E-state index in [1.165, 1.54) is 167 Å². The van der Waals surface area contributed by atoms with E-state index in [9.17, 15) is 19.2 Å². The average Bonchev–Trinajstić information content (AvgIpc) is 3.22. The van der Waals surface area contributed by atoms with Gasteiger partial charge in [-0.2, -0.15) is 0 Å². The summed E-state index contributed by atoms with van der Waals surface area (Å²) in [6.07, 6.45) is 49.8. The number of unbranched alkanes of at least 4 members (excludes halogenated alkanes) is 30. The lowest BCUT2D eigenvalue weighted by molar-refractivity contribution is -0.150. The molecule has 0 aliphatic carbocycles. The van der Waals surface area contributed by atoms with Crippen molar-refractivity contribution in [3.63, 3.8) is 0 Å². The van der Waals surface area contributed by atoms with Crippen molar-refractivity contribution >= 4 is 23.8 Å². The van der Waals surface area contributed by atoms with Crippen LogP contribution in [-0.4, -0.2) is 59.3 Å². The minimum absolute atomic E-state index is 0.00734. The maximum absolute atomic E-state index is 12.8. The molecule has 0 aliphatic rings. The van der Waals surface area contributed by atoms with Crippen molar-refractivity contribution in [3.05, 3.63) is 12.2 Å². The minimum Gasteiger partial charge on any atom is -0.480 e. The van der Waals surface area contributed by atoms with E-state index in [0.717, 1.165) is 57.8 Å². The molecule has 9 nitrogen and oxygen atoms in total. The van der Waals surface area contributed by atoms with Gasteiger partial charge in [-0.25, -0.2) is 4.79 Å². The molecule has 0 bridgehead atoms. The topological polar surface area (TPSA) is 142 Å². The van der Waals surface area contributed by atoms with Crippen molar-refractivity contribution in [2.45, 2.75) is 270 Å². The van der Waals surface area contributed by atoms with Crippen molar-refractivity contribution in [1.29, 1.82) is 0 Å². The van der Waals surface area contributed by atoms with Crippen LogP contribution >= 0.6 is 0 Å². The summed E-state index contributed by atoms with van der Waals surface area (Å²) in [5.74, 6) is -2.28. The lowest BCUT2D eigenvalue weighted by Gasteiger charge is -2.18. The number of allylic oxidation sites excluding steroid dienone is 2. The largest absolute Gasteiger partial charge is 0.480 e. The first-order chi connectivity index (χ1) is 28.8. The van der Waals surface area contributed by atoms with Crippen LogP contribution in [0.1, 0.15) is 258 Å². The predicted molar refractivity (Wildman–Crippen MR) is 245 cm³/mol. The summed E-state index contributed by atoms with van der Waals surface area (Å²) in [6.45, 7) is 3.50. The number of amides is 2. The van der Waals surface area contributed by atoms with Gasteiger partial charge in [0.2, 0.25) is 11.8 Å². The molecule has 0 fully saturated rings. The van der Waals surface area contributed by atoms with E-state index in [4.69, 9.17) is 14.9 Å². The van der Waals surface area contributed by atoms with Gasteiger partial charge in [-0.15, -0.1) is 0 Å². The van der Waals surface area contributed by atoms with Gasteiger partial charge in [0, 0.05) is 12.8 Å². The number of hydrogen-bond donors (Lipinski definition) is 4. The number of carbonyl (C=O) groups excluding carboxylic acids is 3. The Hall–Kier alpha value is -2.42. The molecular formula is C50H94N2O7. The van der Waals surface area contributed by atoms with E-state index in [1.807, 2.05) is 0 Å². The van der Waals surface area contributed by atoms with Gasteiger partial charge in [0.05, 0.1) is 13.2 Å². The van der Waals surface area contributed by atoms with Crippen LogP contribution in [0.4, 0.5) is 0 Å². The first-order valence-corrected chi connectivity index (χ1v) is 25.1. The van der Waals surface area contributed by atoms with Crippen LogP contribution in [0.3, 0.4) is 0 Å². The number of aliphatic carboxylic acids is 1. The zero-order valence-electron chi connectivity index (χ0n) is 38.5. The molecule has 0 aromatic carbocycles. The molecule has 0 aromatic heterocycles. The summed E-state index contributed by atoms with van der Waals surface area (Å²) in [6, 6.07) is -1.38. The molecule has 0 saturated heterocycles. The van der Waals surface area contributed by atoms with E-state index in [2.05, 4.69) is 36.6 Å². The van der Waals surface area contributed by atoms with Gasteiger partial charge >= 0.3 is 11.9 Å². The molecule has 59 heavy (non-hydrogen) atoms. The Labute approximate surface area is 362 Å². The second-order valence-corrected chi connectivity index (χ2v) is 17.3. The SMILES string of the molecule is CCCCCCCCCC/C=C\CCCCCCCCCCCCCC(=O)OC(CCCCCCCCCC)CCCCCCCC(=O)NCC(=O)NC(CO)C(=O)O. The fourth-order valence-electron chi connectivity index (χ4n) is 7.65. The number of carboxylic acid groups (broad SMARTS) is 1. The van der Waals surface area contributed by atoms with Crippen LogP contribution in [0.5, 0.6) is 0 Å². The van der Waals surface area contributed by atoms with E-state index < -0.39 is 24.5 Å². The zero-order chi connectivity index (χ0) is 43.3. The van der Waals surface area contributed by atoms with Gasteiger partial charge in [-0.3, -0.25) is 14.4 Å². The van der Waals surface area contributed by atoms with E-state index >= 15 is 0 Å².